The number of hydrogen-bond acceptors (Lipinski definition) is 4. The van der Waals surface area contributed by atoms with Crippen molar-refractivity contribution in [3.05, 3.63) is 0 Å². The smallest absolute Gasteiger partial charge is 0.0809 e. The van der Waals surface area contributed by atoms with Crippen LogP contribution in [0, 0.1) is 0 Å². The van der Waals surface area contributed by atoms with Crippen molar-refractivity contribution in [2.75, 3.05) is 32.9 Å². The number of rotatable bonds is 7. The lowest BCUT2D eigenvalue weighted by molar-refractivity contribution is -0.0141. The predicted molar refractivity (Wildman–Crippen MR) is 66.2 cm³/mol. The zero-order valence-electron chi connectivity index (χ0n) is 10.8. The zero-order valence-corrected chi connectivity index (χ0v) is 10.8. The van der Waals surface area contributed by atoms with Crippen molar-refractivity contribution in [2.24, 2.45) is 0 Å². The van der Waals surface area contributed by atoms with Gasteiger partial charge in [-0.05, 0) is 32.6 Å². The van der Waals surface area contributed by atoms with Gasteiger partial charge in [0.1, 0.15) is 0 Å². The first kappa shape index (κ1) is 13.3. The monoisotopic (exact) mass is 243 g/mol. The van der Waals surface area contributed by atoms with Gasteiger partial charge in [-0.1, -0.05) is 0 Å². The van der Waals surface area contributed by atoms with Gasteiger partial charge in [-0.3, -0.25) is 0 Å². The molecule has 3 unspecified atom stereocenters. The summed E-state index contributed by atoms with van der Waals surface area (Å²) in [5.74, 6) is 0. The maximum absolute atomic E-state index is 5.76. The molecule has 0 radical (unpaired) electrons. The molecule has 0 saturated carbocycles. The summed E-state index contributed by atoms with van der Waals surface area (Å²) in [7, 11) is 0. The minimum atomic E-state index is 0.251. The van der Waals surface area contributed by atoms with Crippen LogP contribution in [0.1, 0.15) is 32.6 Å². The fourth-order valence-corrected chi connectivity index (χ4v) is 2.36. The summed E-state index contributed by atoms with van der Waals surface area (Å²) in [6.45, 7) is 6.53. The van der Waals surface area contributed by atoms with Crippen molar-refractivity contribution in [1.82, 2.24) is 5.32 Å². The highest BCUT2D eigenvalue weighted by Gasteiger charge is 2.17. The van der Waals surface area contributed by atoms with Crippen LogP contribution in [0.2, 0.25) is 0 Å². The number of nitrogens with one attached hydrogen (secondary N) is 1. The van der Waals surface area contributed by atoms with E-state index in [4.69, 9.17) is 14.2 Å². The van der Waals surface area contributed by atoms with Crippen molar-refractivity contribution in [1.29, 1.82) is 0 Å². The standard InChI is InChI=1S/C13H25NO3/c1-11(17-10-13-5-3-7-16-13)8-14-9-12-4-2-6-15-12/h11-14H,2-10H2,1H3. The molecule has 0 aromatic rings. The van der Waals surface area contributed by atoms with E-state index >= 15 is 0 Å². The fraction of sp³-hybridized carbons (Fsp3) is 1.00. The molecular formula is C13H25NO3. The Morgan fingerprint density at radius 3 is 2.53 bits per heavy atom. The first-order valence-corrected chi connectivity index (χ1v) is 6.90. The first-order chi connectivity index (χ1) is 8.34. The van der Waals surface area contributed by atoms with E-state index < -0.39 is 0 Å². The lowest BCUT2D eigenvalue weighted by atomic mass is 10.2. The second kappa shape index (κ2) is 7.31. The van der Waals surface area contributed by atoms with E-state index in [1.807, 2.05) is 0 Å². The molecular weight excluding hydrogens is 218 g/mol. The van der Waals surface area contributed by atoms with Crippen LogP contribution in [0.15, 0.2) is 0 Å². The minimum absolute atomic E-state index is 0.251. The van der Waals surface area contributed by atoms with Crippen LogP contribution in [0.4, 0.5) is 0 Å². The molecule has 4 heteroatoms. The van der Waals surface area contributed by atoms with E-state index in [1.54, 1.807) is 0 Å². The summed E-state index contributed by atoms with van der Waals surface area (Å²) in [6.07, 6.45) is 5.72. The quantitative estimate of drug-likeness (QED) is 0.732. The van der Waals surface area contributed by atoms with Gasteiger partial charge in [0.05, 0.1) is 24.9 Å². The summed E-state index contributed by atoms with van der Waals surface area (Å²) < 4.78 is 16.8. The number of ether oxygens (including phenoxy) is 3. The van der Waals surface area contributed by atoms with E-state index in [0.29, 0.717) is 12.2 Å². The average Bonchev–Trinajstić information content (AvgIpc) is 2.99. The lowest BCUT2D eigenvalue weighted by Crippen LogP contribution is -2.34. The third-order valence-electron chi connectivity index (χ3n) is 3.42. The van der Waals surface area contributed by atoms with Crippen molar-refractivity contribution >= 4 is 0 Å². The summed E-state index contributed by atoms with van der Waals surface area (Å²) in [4.78, 5) is 0. The Labute approximate surface area is 104 Å². The van der Waals surface area contributed by atoms with E-state index in [1.165, 1.54) is 19.3 Å². The normalized spacial score (nSPS) is 30.9. The molecule has 2 aliphatic rings. The van der Waals surface area contributed by atoms with Crippen molar-refractivity contribution in [3.8, 4) is 0 Å². The van der Waals surface area contributed by atoms with Gasteiger partial charge in [0, 0.05) is 26.3 Å². The summed E-state index contributed by atoms with van der Waals surface area (Å²) in [6, 6.07) is 0. The predicted octanol–water partition coefficient (Wildman–Crippen LogP) is 1.34. The van der Waals surface area contributed by atoms with Crippen LogP contribution < -0.4 is 5.32 Å². The topological polar surface area (TPSA) is 39.7 Å². The molecule has 4 nitrogen and oxygen atoms in total. The largest absolute Gasteiger partial charge is 0.377 e. The Kier molecular flexibility index (Phi) is 5.71. The van der Waals surface area contributed by atoms with E-state index in [0.717, 1.165) is 39.3 Å². The zero-order chi connectivity index (χ0) is 11.9. The second-order valence-corrected chi connectivity index (χ2v) is 5.07. The molecule has 2 fully saturated rings. The molecule has 2 heterocycles. The Balaban J connectivity index is 1.46. The molecule has 17 heavy (non-hydrogen) atoms. The van der Waals surface area contributed by atoms with Crippen LogP contribution in [-0.4, -0.2) is 51.2 Å². The summed E-state index contributed by atoms with van der Waals surface area (Å²) in [5.41, 5.74) is 0. The van der Waals surface area contributed by atoms with Gasteiger partial charge >= 0.3 is 0 Å². The van der Waals surface area contributed by atoms with Crippen molar-refractivity contribution in [3.63, 3.8) is 0 Å². The van der Waals surface area contributed by atoms with Gasteiger partial charge < -0.3 is 19.5 Å². The average molecular weight is 243 g/mol. The van der Waals surface area contributed by atoms with Crippen molar-refractivity contribution < 1.29 is 14.2 Å². The Morgan fingerprint density at radius 1 is 1.18 bits per heavy atom. The second-order valence-electron chi connectivity index (χ2n) is 5.07. The molecule has 0 bridgehead atoms. The highest BCUT2D eigenvalue weighted by atomic mass is 16.5. The van der Waals surface area contributed by atoms with Gasteiger partial charge in [0.2, 0.25) is 0 Å². The molecule has 2 rings (SSSR count). The Hall–Kier alpha value is -0.160. The maximum atomic E-state index is 5.76. The lowest BCUT2D eigenvalue weighted by Gasteiger charge is -2.18. The third-order valence-corrected chi connectivity index (χ3v) is 3.42. The molecule has 0 aromatic carbocycles. The Bertz CT molecular complexity index is 201. The first-order valence-electron chi connectivity index (χ1n) is 6.90. The molecule has 1 N–H and O–H groups in total. The molecule has 3 atom stereocenters. The molecule has 0 amide bonds. The summed E-state index contributed by atoms with van der Waals surface area (Å²) >= 11 is 0. The molecule has 2 saturated heterocycles. The number of hydrogen-bond donors (Lipinski definition) is 1. The minimum Gasteiger partial charge on any atom is -0.377 e. The maximum Gasteiger partial charge on any atom is 0.0809 e. The van der Waals surface area contributed by atoms with Crippen molar-refractivity contribution in [2.45, 2.75) is 50.9 Å². The SMILES string of the molecule is CC(CNCC1CCCO1)OCC1CCCO1. The highest BCUT2D eigenvalue weighted by molar-refractivity contribution is 4.69. The molecule has 0 aliphatic carbocycles. The van der Waals surface area contributed by atoms with Crippen LogP contribution >= 0.6 is 0 Å². The van der Waals surface area contributed by atoms with Crippen LogP contribution in [0.3, 0.4) is 0 Å². The molecule has 0 spiro atoms. The Morgan fingerprint density at radius 2 is 1.88 bits per heavy atom. The van der Waals surface area contributed by atoms with Crippen LogP contribution in [0.5, 0.6) is 0 Å². The molecule has 100 valence electrons. The van der Waals surface area contributed by atoms with Gasteiger partial charge in [-0.25, -0.2) is 0 Å². The van der Waals surface area contributed by atoms with E-state index in [-0.39, 0.29) is 6.10 Å². The van der Waals surface area contributed by atoms with Crippen LogP contribution in [-0.2, 0) is 14.2 Å². The van der Waals surface area contributed by atoms with Gasteiger partial charge in [-0.2, -0.15) is 0 Å². The molecule has 0 aromatic heterocycles. The van der Waals surface area contributed by atoms with Gasteiger partial charge in [0.15, 0.2) is 0 Å². The van der Waals surface area contributed by atoms with E-state index in [2.05, 4.69) is 12.2 Å². The van der Waals surface area contributed by atoms with Gasteiger partial charge in [-0.15, -0.1) is 0 Å². The third kappa shape index (κ3) is 4.92. The van der Waals surface area contributed by atoms with Crippen LogP contribution in [0.25, 0.3) is 0 Å². The molecule has 2 aliphatic heterocycles. The fourth-order valence-electron chi connectivity index (χ4n) is 2.36. The summed E-state index contributed by atoms with van der Waals surface area (Å²) in [5, 5.41) is 3.41. The highest BCUT2D eigenvalue weighted by Crippen LogP contribution is 2.13. The van der Waals surface area contributed by atoms with E-state index in [9.17, 15) is 0 Å². The van der Waals surface area contributed by atoms with Gasteiger partial charge in [0.25, 0.3) is 0 Å².